The summed E-state index contributed by atoms with van der Waals surface area (Å²) in [7, 11) is 0. The van der Waals surface area contributed by atoms with Crippen LogP contribution in [0.5, 0.6) is 5.75 Å². The van der Waals surface area contributed by atoms with Crippen LogP contribution in [-0.4, -0.2) is 32.0 Å². The molecular formula is C33H26N4O4S2. The van der Waals surface area contributed by atoms with E-state index in [1.54, 1.807) is 48.8 Å². The van der Waals surface area contributed by atoms with E-state index in [1.807, 2.05) is 55.5 Å². The molecule has 10 heteroatoms. The monoisotopic (exact) mass is 606 g/mol. The van der Waals surface area contributed by atoms with Crippen LogP contribution in [0.1, 0.15) is 33.9 Å². The lowest BCUT2D eigenvalue weighted by Crippen LogP contribution is -2.29. The minimum absolute atomic E-state index is 0.0416. The highest BCUT2D eigenvalue weighted by Gasteiger charge is 2.48. The van der Waals surface area contributed by atoms with Crippen molar-refractivity contribution in [1.29, 1.82) is 0 Å². The molecule has 1 aliphatic rings. The molecule has 5 aromatic rings. The molecule has 214 valence electrons. The molecule has 3 aromatic carbocycles. The van der Waals surface area contributed by atoms with Crippen molar-refractivity contribution in [1.82, 2.24) is 15.2 Å². The largest absolute Gasteiger partial charge is 0.507 e. The molecule has 8 nitrogen and oxygen atoms in total. The van der Waals surface area contributed by atoms with Crippen molar-refractivity contribution >= 4 is 45.7 Å². The van der Waals surface area contributed by atoms with Crippen LogP contribution < -0.4 is 9.64 Å². The van der Waals surface area contributed by atoms with Crippen LogP contribution in [0.25, 0.3) is 5.76 Å². The molecule has 2 aromatic heterocycles. The van der Waals surface area contributed by atoms with Gasteiger partial charge < -0.3 is 9.84 Å². The highest BCUT2D eigenvalue weighted by Crippen LogP contribution is 2.44. The van der Waals surface area contributed by atoms with Gasteiger partial charge in [-0.3, -0.25) is 19.5 Å². The Bertz CT molecular complexity index is 1790. The van der Waals surface area contributed by atoms with Gasteiger partial charge in [0.05, 0.1) is 11.6 Å². The summed E-state index contributed by atoms with van der Waals surface area (Å²) in [6.07, 6.45) is 3.18. The number of pyridine rings is 1. The number of thioether (sulfide) groups is 1. The number of benzene rings is 3. The molecule has 43 heavy (non-hydrogen) atoms. The van der Waals surface area contributed by atoms with Crippen molar-refractivity contribution in [3.63, 3.8) is 0 Å². The summed E-state index contributed by atoms with van der Waals surface area (Å²) >= 11 is 2.72. The number of aliphatic hydroxyl groups excluding tert-OH is 1. The normalized spacial score (nSPS) is 16.0. The maximum absolute atomic E-state index is 13.5. The van der Waals surface area contributed by atoms with Crippen LogP contribution in [0.4, 0.5) is 5.13 Å². The van der Waals surface area contributed by atoms with E-state index in [-0.39, 0.29) is 16.5 Å². The van der Waals surface area contributed by atoms with Gasteiger partial charge in [-0.25, -0.2) is 0 Å². The molecule has 1 N–H and O–H groups in total. The minimum atomic E-state index is -0.925. The summed E-state index contributed by atoms with van der Waals surface area (Å²) in [5.74, 6) is -0.589. The standard InChI is InChI=1S/C33H26N4O4S2/c1-21-7-5-10-23(17-21)19-41-26-14-12-24(13-15-26)29(38)27-28(25-11-6-16-34-18-25)37(31(40)30(27)39)32-35-36-33(43-32)42-20-22-8-3-2-4-9-22/h2-18,28,38H,19-20H2,1H3. The van der Waals surface area contributed by atoms with Crippen LogP contribution in [0.2, 0.25) is 0 Å². The van der Waals surface area contributed by atoms with Gasteiger partial charge in [-0.15, -0.1) is 10.2 Å². The van der Waals surface area contributed by atoms with Crippen LogP contribution in [0.3, 0.4) is 0 Å². The number of nitrogens with zero attached hydrogens (tertiary/aromatic N) is 4. The quantitative estimate of drug-likeness (QED) is 0.0647. The number of aliphatic hydroxyl groups is 1. The first-order chi connectivity index (χ1) is 21.0. The molecule has 3 heterocycles. The number of rotatable bonds is 9. The van der Waals surface area contributed by atoms with Crippen molar-refractivity contribution < 1.29 is 19.4 Å². The Morgan fingerprint density at radius 2 is 1.74 bits per heavy atom. The van der Waals surface area contributed by atoms with Gasteiger partial charge in [0.15, 0.2) is 4.34 Å². The van der Waals surface area contributed by atoms with Gasteiger partial charge in [0, 0.05) is 23.7 Å². The molecule has 0 bridgehead atoms. The number of anilines is 1. The number of ether oxygens (including phenoxy) is 1. The average Bonchev–Trinajstić information content (AvgIpc) is 3.61. The second-order valence-electron chi connectivity index (χ2n) is 9.88. The van der Waals surface area contributed by atoms with Crippen LogP contribution in [-0.2, 0) is 21.9 Å². The third-order valence-electron chi connectivity index (χ3n) is 6.87. The maximum Gasteiger partial charge on any atom is 0.301 e. The van der Waals surface area contributed by atoms with Gasteiger partial charge in [-0.1, -0.05) is 89.3 Å². The van der Waals surface area contributed by atoms with E-state index < -0.39 is 17.7 Å². The number of hydrogen-bond donors (Lipinski definition) is 1. The number of amides is 1. The van der Waals surface area contributed by atoms with E-state index in [9.17, 15) is 14.7 Å². The van der Waals surface area contributed by atoms with Gasteiger partial charge in [-0.05, 0) is 53.9 Å². The third kappa shape index (κ3) is 6.20. The molecule has 1 fully saturated rings. The molecule has 1 amide bonds. The van der Waals surface area contributed by atoms with E-state index in [0.29, 0.717) is 33.6 Å². The molecule has 6 rings (SSSR count). The number of hydrogen-bond acceptors (Lipinski definition) is 9. The lowest BCUT2D eigenvalue weighted by molar-refractivity contribution is -0.132. The summed E-state index contributed by atoms with van der Waals surface area (Å²) in [6, 6.07) is 27.3. The first kappa shape index (κ1) is 28.3. The second kappa shape index (κ2) is 12.6. The molecule has 0 saturated carbocycles. The summed E-state index contributed by atoms with van der Waals surface area (Å²) in [4.78, 5) is 32.4. The Kier molecular flexibility index (Phi) is 8.30. The van der Waals surface area contributed by atoms with Gasteiger partial charge in [0.2, 0.25) is 5.13 Å². The van der Waals surface area contributed by atoms with E-state index in [1.165, 1.54) is 28.0 Å². The average molecular weight is 607 g/mol. The Morgan fingerprint density at radius 1 is 0.953 bits per heavy atom. The van der Waals surface area contributed by atoms with Gasteiger partial charge >= 0.3 is 5.91 Å². The number of carbonyl (C=O) groups excluding carboxylic acids is 2. The number of carbonyl (C=O) groups is 2. The molecule has 1 aliphatic heterocycles. The summed E-state index contributed by atoms with van der Waals surface area (Å²) in [6.45, 7) is 2.42. The zero-order valence-corrected chi connectivity index (χ0v) is 24.7. The molecule has 0 spiro atoms. The topological polar surface area (TPSA) is 106 Å². The van der Waals surface area contributed by atoms with Crippen molar-refractivity contribution in [2.45, 2.75) is 29.7 Å². The fourth-order valence-corrected chi connectivity index (χ4v) is 6.62. The smallest absolute Gasteiger partial charge is 0.301 e. The fourth-order valence-electron chi connectivity index (χ4n) is 4.79. The number of aryl methyl sites for hydroxylation is 1. The Hall–Kier alpha value is -4.80. The van der Waals surface area contributed by atoms with Gasteiger partial charge in [0.25, 0.3) is 5.78 Å². The third-order valence-corrected chi connectivity index (χ3v) is 8.99. The van der Waals surface area contributed by atoms with Crippen molar-refractivity contribution in [3.8, 4) is 5.75 Å². The molecule has 0 radical (unpaired) electrons. The fraction of sp³-hybridized carbons (Fsp3) is 0.121. The number of aromatic nitrogens is 3. The highest BCUT2D eigenvalue weighted by atomic mass is 32.2. The first-order valence-electron chi connectivity index (χ1n) is 13.5. The predicted octanol–water partition coefficient (Wildman–Crippen LogP) is 6.74. The molecule has 1 unspecified atom stereocenters. The zero-order chi connectivity index (χ0) is 29.8. The van der Waals surface area contributed by atoms with E-state index >= 15 is 0 Å². The molecule has 0 aliphatic carbocycles. The molecule has 1 saturated heterocycles. The first-order valence-corrected chi connectivity index (χ1v) is 15.3. The van der Waals surface area contributed by atoms with Crippen LogP contribution >= 0.6 is 23.1 Å². The van der Waals surface area contributed by atoms with E-state index in [4.69, 9.17) is 4.74 Å². The van der Waals surface area contributed by atoms with Crippen molar-refractivity contribution in [2.75, 3.05) is 4.90 Å². The van der Waals surface area contributed by atoms with Crippen LogP contribution in [0, 0.1) is 6.92 Å². The van der Waals surface area contributed by atoms with Gasteiger partial charge in [-0.2, -0.15) is 0 Å². The lowest BCUT2D eigenvalue weighted by Gasteiger charge is -2.22. The van der Waals surface area contributed by atoms with Crippen molar-refractivity contribution in [3.05, 3.63) is 137 Å². The number of ketones is 1. The summed E-state index contributed by atoms with van der Waals surface area (Å²) < 4.78 is 6.57. The van der Waals surface area contributed by atoms with E-state index in [2.05, 4.69) is 21.2 Å². The maximum atomic E-state index is 13.5. The molecular weight excluding hydrogens is 581 g/mol. The Balaban J connectivity index is 1.28. The highest BCUT2D eigenvalue weighted by molar-refractivity contribution is 8.00. The predicted molar refractivity (Wildman–Crippen MR) is 167 cm³/mol. The minimum Gasteiger partial charge on any atom is -0.507 e. The molecule has 1 atom stereocenters. The number of Topliss-reactive ketones (excluding diaryl/α,β-unsaturated/α-hetero) is 1. The van der Waals surface area contributed by atoms with Crippen LogP contribution in [0.15, 0.2) is 113 Å². The van der Waals surface area contributed by atoms with E-state index in [0.717, 1.165) is 16.7 Å². The lowest BCUT2D eigenvalue weighted by atomic mass is 9.96. The summed E-state index contributed by atoms with van der Waals surface area (Å²) in [5.41, 5.74) is 4.23. The Morgan fingerprint density at radius 3 is 2.49 bits per heavy atom. The second-order valence-corrected chi connectivity index (χ2v) is 12.1. The SMILES string of the molecule is Cc1cccc(COc2ccc(C(O)=C3C(=O)C(=O)N(c4nnc(SCc5ccccc5)s4)C3c3cccnc3)cc2)c1. The summed E-state index contributed by atoms with van der Waals surface area (Å²) in [5, 5.41) is 20.2. The Labute approximate surface area is 256 Å². The van der Waals surface area contributed by atoms with Gasteiger partial charge in [0.1, 0.15) is 18.1 Å². The van der Waals surface area contributed by atoms with Crippen molar-refractivity contribution in [2.24, 2.45) is 0 Å². The zero-order valence-electron chi connectivity index (χ0n) is 23.1.